The summed E-state index contributed by atoms with van der Waals surface area (Å²) in [6.07, 6.45) is 22.5. The Morgan fingerprint density at radius 3 is 2.10 bits per heavy atom. The third-order valence-corrected chi connectivity index (χ3v) is 7.50. The Hall–Kier alpha value is -1.24. The van der Waals surface area contributed by atoms with E-state index < -0.39 is 0 Å². The normalized spacial score (nSPS) is 24.9. The van der Waals surface area contributed by atoms with Crippen LogP contribution in [-0.4, -0.2) is 6.61 Å². The molecule has 162 valence electrons. The van der Waals surface area contributed by atoms with Crippen LogP contribution in [0.1, 0.15) is 103 Å². The van der Waals surface area contributed by atoms with Crippen molar-refractivity contribution in [3.05, 3.63) is 41.5 Å². The first-order chi connectivity index (χ1) is 14.3. The van der Waals surface area contributed by atoms with Crippen molar-refractivity contribution in [1.29, 1.82) is 0 Å². The topological polar surface area (TPSA) is 9.23 Å². The molecule has 29 heavy (non-hydrogen) atoms. The zero-order chi connectivity index (χ0) is 20.3. The third-order valence-electron chi connectivity index (χ3n) is 7.50. The van der Waals surface area contributed by atoms with Gasteiger partial charge in [-0.2, -0.15) is 0 Å². The Morgan fingerprint density at radius 1 is 0.793 bits per heavy atom. The van der Waals surface area contributed by atoms with Gasteiger partial charge in [0.15, 0.2) is 0 Å². The zero-order valence-corrected chi connectivity index (χ0v) is 19.1. The Kier molecular flexibility index (Phi) is 9.64. The summed E-state index contributed by atoms with van der Waals surface area (Å²) in [5, 5.41) is 0. The molecule has 2 aliphatic rings. The SMILES string of the molecule is CCCC[C@H]1CC[C@H](CCC2CC=C(CCc3ccc(OCC)cc3)CC2)CC1. The minimum absolute atomic E-state index is 0.744. The van der Waals surface area contributed by atoms with Crippen LogP contribution in [0.5, 0.6) is 5.75 Å². The van der Waals surface area contributed by atoms with Crippen LogP contribution in [0.4, 0.5) is 0 Å². The molecule has 2 aliphatic carbocycles. The quantitative estimate of drug-likeness (QED) is 0.340. The molecule has 1 saturated carbocycles. The van der Waals surface area contributed by atoms with Crippen molar-refractivity contribution in [3.63, 3.8) is 0 Å². The predicted molar refractivity (Wildman–Crippen MR) is 126 cm³/mol. The monoisotopic (exact) mass is 396 g/mol. The minimum atomic E-state index is 0.744. The van der Waals surface area contributed by atoms with Gasteiger partial charge in [-0.25, -0.2) is 0 Å². The van der Waals surface area contributed by atoms with Crippen molar-refractivity contribution in [2.24, 2.45) is 17.8 Å². The first kappa shape index (κ1) is 22.4. The van der Waals surface area contributed by atoms with E-state index in [1.165, 1.54) is 95.5 Å². The van der Waals surface area contributed by atoms with E-state index in [-0.39, 0.29) is 0 Å². The lowest BCUT2D eigenvalue weighted by Gasteiger charge is -2.30. The largest absolute Gasteiger partial charge is 0.494 e. The lowest BCUT2D eigenvalue weighted by Crippen LogP contribution is -2.16. The molecule has 1 unspecified atom stereocenters. The van der Waals surface area contributed by atoms with Gasteiger partial charge in [0, 0.05) is 0 Å². The third kappa shape index (κ3) is 7.83. The highest BCUT2D eigenvalue weighted by Gasteiger charge is 2.22. The summed E-state index contributed by atoms with van der Waals surface area (Å²) in [5.74, 6) is 4.05. The molecule has 1 fully saturated rings. The van der Waals surface area contributed by atoms with Crippen LogP contribution in [0, 0.1) is 17.8 Å². The summed E-state index contributed by atoms with van der Waals surface area (Å²) >= 11 is 0. The van der Waals surface area contributed by atoms with E-state index >= 15 is 0 Å². The highest BCUT2D eigenvalue weighted by atomic mass is 16.5. The predicted octanol–water partition coefficient (Wildman–Crippen LogP) is 8.52. The Labute approximate surface area is 180 Å². The molecule has 0 heterocycles. The molecule has 0 saturated heterocycles. The van der Waals surface area contributed by atoms with E-state index in [1.807, 2.05) is 6.92 Å². The van der Waals surface area contributed by atoms with Gasteiger partial charge in [0.05, 0.1) is 6.61 Å². The maximum Gasteiger partial charge on any atom is 0.119 e. The fourth-order valence-electron chi connectivity index (χ4n) is 5.43. The Balaban J connectivity index is 1.30. The number of allylic oxidation sites excluding steroid dienone is 2. The summed E-state index contributed by atoms with van der Waals surface area (Å²) in [7, 11) is 0. The van der Waals surface area contributed by atoms with Crippen LogP contribution in [0.15, 0.2) is 35.9 Å². The molecule has 0 bridgehead atoms. The number of ether oxygens (including phenoxy) is 1. The van der Waals surface area contributed by atoms with Gasteiger partial charge in [-0.3, -0.25) is 0 Å². The molecule has 0 aromatic heterocycles. The first-order valence-electron chi connectivity index (χ1n) is 12.7. The second kappa shape index (κ2) is 12.5. The van der Waals surface area contributed by atoms with Crippen LogP contribution in [-0.2, 0) is 6.42 Å². The molecule has 3 rings (SSSR count). The second-order valence-electron chi connectivity index (χ2n) is 9.69. The summed E-state index contributed by atoms with van der Waals surface area (Å²) in [4.78, 5) is 0. The number of unbranched alkanes of at least 4 members (excludes halogenated alkanes) is 1. The summed E-state index contributed by atoms with van der Waals surface area (Å²) < 4.78 is 5.54. The minimum Gasteiger partial charge on any atom is -0.494 e. The number of rotatable bonds is 11. The molecule has 1 aromatic carbocycles. The number of aryl methyl sites for hydroxylation is 1. The lowest BCUT2D eigenvalue weighted by molar-refractivity contribution is 0.235. The van der Waals surface area contributed by atoms with Gasteiger partial charge in [0.2, 0.25) is 0 Å². The molecule has 0 N–H and O–H groups in total. The molecule has 0 spiro atoms. The lowest BCUT2D eigenvalue weighted by atomic mass is 9.76. The Bertz CT molecular complexity index is 591. The van der Waals surface area contributed by atoms with Crippen molar-refractivity contribution in [3.8, 4) is 5.75 Å². The molecule has 0 amide bonds. The zero-order valence-electron chi connectivity index (χ0n) is 19.1. The highest BCUT2D eigenvalue weighted by Crippen LogP contribution is 2.37. The van der Waals surface area contributed by atoms with Gasteiger partial charge in [-0.15, -0.1) is 0 Å². The maximum atomic E-state index is 5.54. The summed E-state index contributed by atoms with van der Waals surface area (Å²) in [6.45, 7) is 5.11. The maximum absolute atomic E-state index is 5.54. The van der Waals surface area contributed by atoms with Crippen LogP contribution in [0.2, 0.25) is 0 Å². The van der Waals surface area contributed by atoms with Crippen LogP contribution in [0.3, 0.4) is 0 Å². The van der Waals surface area contributed by atoms with Crippen LogP contribution < -0.4 is 4.74 Å². The molecule has 0 radical (unpaired) electrons. The fourth-order valence-corrected chi connectivity index (χ4v) is 5.43. The van der Waals surface area contributed by atoms with Gasteiger partial charge < -0.3 is 4.74 Å². The van der Waals surface area contributed by atoms with E-state index in [1.54, 1.807) is 5.57 Å². The molecule has 1 heteroatoms. The average molecular weight is 397 g/mol. The van der Waals surface area contributed by atoms with E-state index in [4.69, 9.17) is 4.74 Å². The van der Waals surface area contributed by atoms with Crippen molar-refractivity contribution < 1.29 is 4.74 Å². The Morgan fingerprint density at radius 2 is 1.48 bits per heavy atom. The number of hydrogen-bond acceptors (Lipinski definition) is 1. The van der Waals surface area contributed by atoms with Gasteiger partial charge in [-0.05, 0) is 80.9 Å². The number of benzene rings is 1. The van der Waals surface area contributed by atoms with Crippen molar-refractivity contribution >= 4 is 0 Å². The van der Waals surface area contributed by atoms with Crippen molar-refractivity contribution in [2.75, 3.05) is 6.61 Å². The van der Waals surface area contributed by atoms with Gasteiger partial charge in [0.25, 0.3) is 0 Å². The summed E-state index contributed by atoms with van der Waals surface area (Å²) in [5.41, 5.74) is 3.14. The molecule has 1 nitrogen and oxygen atoms in total. The fraction of sp³-hybridized carbons (Fsp3) is 0.714. The molecular weight excluding hydrogens is 352 g/mol. The van der Waals surface area contributed by atoms with Crippen LogP contribution >= 0.6 is 0 Å². The summed E-state index contributed by atoms with van der Waals surface area (Å²) in [6, 6.07) is 8.69. The van der Waals surface area contributed by atoms with E-state index in [0.717, 1.165) is 30.1 Å². The molecule has 1 aromatic rings. The molecular formula is C28H44O. The average Bonchev–Trinajstić information content (AvgIpc) is 2.77. The molecule has 0 aliphatic heterocycles. The van der Waals surface area contributed by atoms with E-state index in [2.05, 4.69) is 37.3 Å². The van der Waals surface area contributed by atoms with Crippen LogP contribution in [0.25, 0.3) is 0 Å². The standard InChI is InChI=1S/C28H44O/c1-3-5-6-23-7-9-24(10-8-23)11-12-25-13-15-26(16-14-25)17-18-27-19-21-28(22-20-27)29-4-2/h15,19-25H,3-14,16-18H2,1-2H3/t23-,24-,25?. The molecule has 1 atom stereocenters. The van der Waals surface area contributed by atoms with Gasteiger partial charge in [0.1, 0.15) is 5.75 Å². The van der Waals surface area contributed by atoms with Crippen molar-refractivity contribution in [1.82, 2.24) is 0 Å². The van der Waals surface area contributed by atoms with E-state index in [0.29, 0.717) is 0 Å². The van der Waals surface area contributed by atoms with Crippen molar-refractivity contribution in [2.45, 2.75) is 104 Å². The van der Waals surface area contributed by atoms with Gasteiger partial charge >= 0.3 is 0 Å². The first-order valence-corrected chi connectivity index (χ1v) is 12.7. The van der Waals surface area contributed by atoms with E-state index in [9.17, 15) is 0 Å². The highest BCUT2D eigenvalue weighted by molar-refractivity contribution is 5.28. The smallest absolute Gasteiger partial charge is 0.119 e. The number of hydrogen-bond donors (Lipinski definition) is 0. The second-order valence-corrected chi connectivity index (χ2v) is 9.69. The van der Waals surface area contributed by atoms with Gasteiger partial charge in [-0.1, -0.05) is 82.1 Å².